The Labute approximate surface area is 156 Å². The molecule has 1 unspecified atom stereocenters. The SMILES string of the molecule is COc1cccc(-n2ccnc2SCC(=O)NC(C)c2cccnc2)c1. The molecule has 1 aromatic carbocycles. The first kappa shape index (κ1) is 18.0. The fraction of sp³-hybridized carbons (Fsp3) is 0.211. The lowest BCUT2D eigenvalue weighted by Crippen LogP contribution is -2.28. The number of rotatable bonds is 7. The van der Waals surface area contributed by atoms with E-state index < -0.39 is 0 Å². The second-order valence-electron chi connectivity index (χ2n) is 5.65. The third kappa shape index (κ3) is 4.43. The predicted molar refractivity (Wildman–Crippen MR) is 102 cm³/mol. The molecule has 0 saturated carbocycles. The van der Waals surface area contributed by atoms with Crippen LogP contribution in [0.2, 0.25) is 0 Å². The van der Waals surface area contributed by atoms with E-state index in [4.69, 9.17) is 4.74 Å². The molecule has 3 rings (SSSR count). The summed E-state index contributed by atoms with van der Waals surface area (Å²) in [6.07, 6.45) is 7.06. The summed E-state index contributed by atoms with van der Waals surface area (Å²) in [5.74, 6) is 1.01. The largest absolute Gasteiger partial charge is 0.497 e. The Morgan fingerprint density at radius 2 is 2.19 bits per heavy atom. The van der Waals surface area contributed by atoms with Crippen molar-refractivity contribution in [1.29, 1.82) is 0 Å². The molecule has 3 aromatic rings. The van der Waals surface area contributed by atoms with E-state index >= 15 is 0 Å². The average molecular weight is 368 g/mol. The highest BCUT2D eigenvalue weighted by Gasteiger charge is 2.12. The van der Waals surface area contributed by atoms with Crippen molar-refractivity contribution in [2.24, 2.45) is 0 Å². The monoisotopic (exact) mass is 368 g/mol. The fourth-order valence-corrected chi connectivity index (χ4v) is 3.27. The Hall–Kier alpha value is -2.80. The molecule has 0 aliphatic heterocycles. The molecule has 2 heterocycles. The number of nitrogens with one attached hydrogen (secondary N) is 1. The van der Waals surface area contributed by atoms with Gasteiger partial charge in [0.2, 0.25) is 5.91 Å². The van der Waals surface area contributed by atoms with E-state index in [2.05, 4.69) is 15.3 Å². The zero-order valence-corrected chi connectivity index (χ0v) is 15.4. The number of carbonyl (C=O) groups excluding carboxylic acids is 1. The number of carbonyl (C=O) groups is 1. The van der Waals surface area contributed by atoms with Crippen LogP contribution in [0, 0.1) is 0 Å². The van der Waals surface area contributed by atoms with Crippen LogP contribution >= 0.6 is 11.8 Å². The topological polar surface area (TPSA) is 69.0 Å². The van der Waals surface area contributed by atoms with Crippen molar-refractivity contribution < 1.29 is 9.53 Å². The number of benzene rings is 1. The standard InChI is InChI=1S/C19H20N4O2S/c1-14(15-5-4-8-20-12-15)22-18(24)13-26-19-21-9-10-23(19)16-6-3-7-17(11-16)25-2/h3-12,14H,13H2,1-2H3,(H,22,24). The number of methoxy groups -OCH3 is 1. The number of pyridine rings is 1. The third-order valence-corrected chi connectivity index (χ3v) is 4.80. The first-order chi connectivity index (χ1) is 12.7. The number of aromatic nitrogens is 3. The fourth-order valence-electron chi connectivity index (χ4n) is 2.48. The van der Waals surface area contributed by atoms with Gasteiger partial charge in [0.15, 0.2) is 5.16 Å². The van der Waals surface area contributed by atoms with Gasteiger partial charge in [0.1, 0.15) is 5.75 Å². The summed E-state index contributed by atoms with van der Waals surface area (Å²) in [4.78, 5) is 20.7. The van der Waals surface area contributed by atoms with Gasteiger partial charge >= 0.3 is 0 Å². The molecule has 0 spiro atoms. The molecule has 0 saturated heterocycles. The van der Waals surface area contributed by atoms with E-state index in [-0.39, 0.29) is 17.7 Å². The van der Waals surface area contributed by atoms with Crippen LogP contribution in [-0.2, 0) is 4.79 Å². The molecule has 26 heavy (non-hydrogen) atoms. The Kier molecular flexibility index (Phi) is 5.91. The number of nitrogens with zero attached hydrogens (tertiary/aromatic N) is 3. The number of amides is 1. The minimum Gasteiger partial charge on any atom is -0.497 e. The van der Waals surface area contributed by atoms with Gasteiger partial charge in [0.25, 0.3) is 0 Å². The number of imidazole rings is 1. The molecular formula is C19H20N4O2S. The lowest BCUT2D eigenvalue weighted by atomic mass is 10.1. The first-order valence-electron chi connectivity index (χ1n) is 8.17. The maximum absolute atomic E-state index is 12.3. The molecular weight excluding hydrogens is 348 g/mol. The first-order valence-corrected chi connectivity index (χ1v) is 9.16. The number of hydrogen-bond acceptors (Lipinski definition) is 5. The third-order valence-electron chi connectivity index (χ3n) is 3.83. The number of ether oxygens (including phenoxy) is 1. The van der Waals surface area contributed by atoms with Gasteiger partial charge < -0.3 is 10.1 Å². The maximum Gasteiger partial charge on any atom is 0.230 e. The molecule has 6 nitrogen and oxygen atoms in total. The summed E-state index contributed by atoms with van der Waals surface area (Å²) in [6, 6.07) is 11.4. The van der Waals surface area contributed by atoms with Crippen molar-refractivity contribution in [1.82, 2.24) is 19.9 Å². The van der Waals surface area contributed by atoms with Crippen LogP contribution in [0.15, 0.2) is 66.3 Å². The summed E-state index contributed by atoms with van der Waals surface area (Å²) < 4.78 is 7.20. The molecule has 1 N–H and O–H groups in total. The molecule has 0 bridgehead atoms. The Balaban J connectivity index is 1.62. The lowest BCUT2D eigenvalue weighted by Gasteiger charge is -2.14. The van der Waals surface area contributed by atoms with Crippen LogP contribution in [0.5, 0.6) is 5.75 Å². The summed E-state index contributed by atoms with van der Waals surface area (Å²) >= 11 is 1.39. The smallest absolute Gasteiger partial charge is 0.230 e. The predicted octanol–water partition coefficient (Wildman–Crippen LogP) is 3.25. The van der Waals surface area contributed by atoms with Gasteiger partial charge in [-0.25, -0.2) is 4.98 Å². The van der Waals surface area contributed by atoms with Crippen LogP contribution in [0.3, 0.4) is 0 Å². The van der Waals surface area contributed by atoms with Crippen LogP contribution in [-0.4, -0.2) is 33.3 Å². The van der Waals surface area contributed by atoms with E-state index in [1.807, 2.05) is 54.1 Å². The minimum absolute atomic E-state index is 0.0495. The molecule has 134 valence electrons. The normalized spacial score (nSPS) is 11.8. The van der Waals surface area contributed by atoms with Crippen molar-refractivity contribution in [2.45, 2.75) is 18.1 Å². The molecule has 2 aromatic heterocycles. The quantitative estimate of drug-likeness (QED) is 0.649. The van der Waals surface area contributed by atoms with Gasteiger partial charge in [-0.05, 0) is 30.7 Å². The second-order valence-corrected chi connectivity index (χ2v) is 6.59. The minimum atomic E-state index is -0.0880. The van der Waals surface area contributed by atoms with Crippen LogP contribution in [0.1, 0.15) is 18.5 Å². The van der Waals surface area contributed by atoms with Gasteiger partial charge in [-0.3, -0.25) is 14.3 Å². The zero-order chi connectivity index (χ0) is 18.4. The summed E-state index contributed by atoms with van der Waals surface area (Å²) in [5, 5.41) is 3.73. The Bertz CT molecular complexity index is 867. The average Bonchev–Trinajstić information content (AvgIpc) is 3.16. The molecule has 0 fully saturated rings. The van der Waals surface area contributed by atoms with E-state index in [0.29, 0.717) is 0 Å². The van der Waals surface area contributed by atoms with Crippen LogP contribution < -0.4 is 10.1 Å². The van der Waals surface area contributed by atoms with Gasteiger partial charge in [0.05, 0.1) is 24.6 Å². The molecule has 1 amide bonds. The maximum atomic E-state index is 12.3. The van der Waals surface area contributed by atoms with Crippen LogP contribution in [0.25, 0.3) is 5.69 Å². The number of hydrogen-bond donors (Lipinski definition) is 1. The van der Waals surface area contributed by atoms with Gasteiger partial charge in [-0.15, -0.1) is 0 Å². The molecule has 0 aliphatic carbocycles. The van der Waals surface area contributed by atoms with E-state index in [0.717, 1.165) is 22.2 Å². The Morgan fingerprint density at radius 3 is 2.96 bits per heavy atom. The highest BCUT2D eigenvalue weighted by atomic mass is 32.2. The second kappa shape index (κ2) is 8.53. The van der Waals surface area contributed by atoms with Crippen molar-refractivity contribution in [3.05, 3.63) is 66.7 Å². The van der Waals surface area contributed by atoms with Crippen molar-refractivity contribution in [3.8, 4) is 11.4 Å². The highest BCUT2D eigenvalue weighted by Crippen LogP contribution is 2.23. The molecule has 1 atom stereocenters. The molecule has 7 heteroatoms. The number of thioether (sulfide) groups is 1. The van der Waals surface area contributed by atoms with Gasteiger partial charge in [-0.2, -0.15) is 0 Å². The van der Waals surface area contributed by atoms with Crippen molar-refractivity contribution in [2.75, 3.05) is 12.9 Å². The van der Waals surface area contributed by atoms with Crippen molar-refractivity contribution in [3.63, 3.8) is 0 Å². The van der Waals surface area contributed by atoms with Crippen LogP contribution in [0.4, 0.5) is 0 Å². The zero-order valence-electron chi connectivity index (χ0n) is 14.6. The van der Waals surface area contributed by atoms with E-state index in [1.54, 1.807) is 25.7 Å². The summed E-state index contributed by atoms with van der Waals surface area (Å²) in [5.41, 5.74) is 1.91. The van der Waals surface area contributed by atoms with Gasteiger partial charge in [0, 0.05) is 30.9 Å². The summed E-state index contributed by atoms with van der Waals surface area (Å²) in [6.45, 7) is 1.94. The molecule has 0 aliphatic rings. The van der Waals surface area contributed by atoms with Gasteiger partial charge in [-0.1, -0.05) is 23.9 Å². The van der Waals surface area contributed by atoms with Crippen molar-refractivity contribution >= 4 is 17.7 Å². The Morgan fingerprint density at radius 1 is 1.31 bits per heavy atom. The molecule has 0 radical (unpaired) electrons. The summed E-state index contributed by atoms with van der Waals surface area (Å²) in [7, 11) is 1.64. The van der Waals surface area contributed by atoms with E-state index in [9.17, 15) is 4.79 Å². The highest BCUT2D eigenvalue weighted by molar-refractivity contribution is 7.99. The van der Waals surface area contributed by atoms with E-state index in [1.165, 1.54) is 11.8 Å². The lowest BCUT2D eigenvalue weighted by molar-refractivity contribution is -0.119.